The smallest absolute Gasteiger partial charge is 0.238 e. The van der Waals surface area contributed by atoms with Gasteiger partial charge < -0.3 is 4.42 Å². The minimum absolute atomic E-state index is 0.133. The van der Waals surface area contributed by atoms with E-state index in [0.29, 0.717) is 11.7 Å². The molecule has 3 aromatic heterocycles. The quantitative estimate of drug-likeness (QED) is 0.191. The number of fused-ring (bicyclic) bond motifs is 11. The summed E-state index contributed by atoms with van der Waals surface area (Å²) in [5.74, 6) is 0.585. The van der Waals surface area contributed by atoms with Crippen LogP contribution in [0.2, 0.25) is 0 Å². The highest BCUT2D eigenvalue weighted by Crippen LogP contribution is 2.53. The minimum atomic E-state index is -0.133. The first-order valence-electron chi connectivity index (χ1n) is 17.5. The van der Waals surface area contributed by atoms with E-state index in [-0.39, 0.29) is 5.41 Å². The zero-order valence-corrected chi connectivity index (χ0v) is 28.2. The van der Waals surface area contributed by atoms with Crippen molar-refractivity contribution >= 4 is 54.6 Å². The molecule has 4 heteroatoms. The molecule has 10 aromatic rings. The fourth-order valence-electron chi connectivity index (χ4n) is 8.65. The Morgan fingerprint density at radius 3 is 2.16 bits per heavy atom. The number of hydrogen-bond acceptors (Lipinski definition) is 3. The second kappa shape index (κ2) is 10.3. The van der Waals surface area contributed by atoms with Gasteiger partial charge in [-0.05, 0) is 62.9 Å². The Labute approximate surface area is 294 Å². The van der Waals surface area contributed by atoms with Gasteiger partial charge in [-0.3, -0.25) is 4.57 Å². The van der Waals surface area contributed by atoms with Crippen LogP contribution in [-0.2, 0) is 5.41 Å². The Hall–Kier alpha value is -6.52. The molecule has 0 amide bonds. The van der Waals surface area contributed by atoms with Gasteiger partial charge in [0.25, 0.3) is 0 Å². The standard InChI is InChI=1S/C47H31N3O/c1-47(2)37-21-10-8-19-34(37)41-38(47)25-24-35-42-43(29-14-4-3-5-15-29)48-46(49-45(42)51-44(35)41)50-39-22-11-9-18-33(39)36-27-30(23-26-40(36)50)32-20-12-16-28-13-6-7-17-31(28)32/h3-27H,1-2H3. The number of hydrogen-bond donors (Lipinski definition) is 0. The molecule has 1 aliphatic rings. The van der Waals surface area contributed by atoms with Gasteiger partial charge >= 0.3 is 0 Å². The molecule has 0 saturated heterocycles. The number of benzene rings is 7. The molecule has 51 heavy (non-hydrogen) atoms. The lowest BCUT2D eigenvalue weighted by molar-refractivity contribution is 0.645. The van der Waals surface area contributed by atoms with Gasteiger partial charge in [-0.15, -0.1) is 0 Å². The first-order chi connectivity index (χ1) is 25.1. The molecule has 3 heterocycles. The molecule has 0 N–H and O–H groups in total. The maximum absolute atomic E-state index is 6.92. The lowest BCUT2D eigenvalue weighted by Gasteiger charge is -2.21. The van der Waals surface area contributed by atoms with Crippen LogP contribution in [0.25, 0.3) is 94.1 Å². The summed E-state index contributed by atoms with van der Waals surface area (Å²) in [4.78, 5) is 10.7. The fourth-order valence-corrected chi connectivity index (χ4v) is 8.65. The number of nitrogens with zero attached hydrogens (tertiary/aromatic N) is 3. The minimum Gasteiger partial charge on any atom is -0.437 e. The Morgan fingerprint density at radius 1 is 0.529 bits per heavy atom. The summed E-state index contributed by atoms with van der Waals surface area (Å²) in [5.41, 5.74) is 12.7. The predicted octanol–water partition coefficient (Wildman–Crippen LogP) is 12.3. The fraction of sp³-hybridized carbons (Fsp3) is 0.0638. The summed E-state index contributed by atoms with van der Waals surface area (Å²) in [6.45, 7) is 4.60. The molecule has 0 fully saturated rings. The SMILES string of the molecule is CC1(C)c2ccccc2-c2c1ccc1c2oc2nc(-n3c4ccccc4c4cc(-c5cccc6ccccc56)ccc43)nc(-c3ccccc3)c21. The van der Waals surface area contributed by atoms with Crippen LogP contribution in [0.3, 0.4) is 0 Å². The van der Waals surface area contributed by atoms with Gasteiger partial charge in [0, 0.05) is 32.7 Å². The van der Waals surface area contributed by atoms with Gasteiger partial charge in [-0.25, -0.2) is 4.98 Å². The lowest BCUT2D eigenvalue weighted by atomic mass is 9.82. The molecule has 0 aliphatic heterocycles. The molecule has 0 bridgehead atoms. The van der Waals surface area contributed by atoms with E-state index in [9.17, 15) is 0 Å². The van der Waals surface area contributed by atoms with Crippen LogP contribution in [0.15, 0.2) is 156 Å². The molecule has 7 aromatic carbocycles. The first-order valence-corrected chi connectivity index (χ1v) is 17.5. The summed E-state index contributed by atoms with van der Waals surface area (Å²) in [5, 5.41) is 6.75. The second-order valence-corrected chi connectivity index (χ2v) is 14.2. The average Bonchev–Trinajstić information content (AvgIpc) is 3.80. The van der Waals surface area contributed by atoms with Crippen LogP contribution < -0.4 is 0 Å². The van der Waals surface area contributed by atoms with E-state index in [2.05, 4.69) is 164 Å². The third-order valence-electron chi connectivity index (χ3n) is 11.1. The zero-order valence-electron chi connectivity index (χ0n) is 28.2. The Balaban J connectivity index is 1.21. The van der Waals surface area contributed by atoms with Crippen molar-refractivity contribution < 1.29 is 4.42 Å². The molecular formula is C47H31N3O. The van der Waals surface area contributed by atoms with E-state index in [4.69, 9.17) is 14.4 Å². The molecule has 0 radical (unpaired) electrons. The molecule has 240 valence electrons. The van der Waals surface area contributed by atoms with Crippen molar-refractivity contribution in [1.29, 1.82) is 0 Å². The van der Waals surface area contributed by atoms with Gasteiger partial charge in [0.2, 0.25) is 11.7 Å². The van der Waals surface area contributed by atoms with E-state index in [1.807, 2.05) is 6.07 Å². The van der Waals surface area contributed by atoms with Crippen molar-refractivity contribution in [3.8, 4) is 39.5 Å². The van der Waals surface area contributed by atoms with E-state index in [1.54, 1.807) is 0 Å². The van der Waals surface area contributed by atoms with Crippen molar-refractivity contribution in [1.82, 2.24) is 14.5 Å². The number of para-hydroxylation sites is 1. The summed E-state index contributed by atoms with van der Waals surface area (Å²) >= 11 is 0. The van der Waals surface area contributed by atoms with Gasteiger partial charge in [-0.1, -0.05) is 141 Å². The molecule has 0 unspecified atom stereocenters. The summed E-state index contributed by atoms with van der Waals surface area (Å²) in [6, 6.07) is 54.0. The molecule has 0 saturated carbocycles. The largest absolute Gasteiger partial charge is 0.437 e. The van der Waals surface area contributed by atoms with Crippen LogP contribution in [-0.4, -0.2) is 14.5 Å². The van der Waals surface area contributed by atoms with Crippen molar-refractivity contribution in [2.75, 3.05) is 0 Å². The van der Waals surface area contributed by atoms with Crippen LogP contribution >= 0.6 is 0 Å². The van der Waals surface area contributed by atoms with Crippen LogP contribution in [0.1, 0.15) is 25.0 Å². The van der Waals surface area contributed by atoms with Gasteiger partial charge in [0.15, 0.2) is 0 Å². The highest BCUT2D eigenvalue weighted by atomic mass is 16.3. The highest BCUT2D eigenvalue weighted by molar-refractivity contribution is 6.16. The average molecular weight is 654 g/mol. The second-order valence-electron chi connectivity index (χ2n) is 14.2. The Morgan fingerprint density at radius 2 is 1.25 bits per heavy atom. The molecule has 4 nitrogen and oxygen atoms in total. The Kier molecular flexibility index (Phi) is 5.70. The molecular weight excluding hydrogens is 623 g/mol. The van der Waals surface area contributed by atoms with Gasteiger partial charge in [-0.2, -0.15) is 4.98 Å². The third kappa shape index (κ3) is 3.90. The molecule has 0 atom stereocenters. The molecule has 1 aliphatic carbocycles. The molecule has 11 rings (SSSR count). The van der Waals surface area contributed by atoms with Crippen molar-refractivity contribution in [2.24, 2.45) is 0 Å². The van der Waals surface area contributed by atoms with Crippen LogP contribution in [0.5, 0.6) is 0 Å². The maximum atomic E-state index is 6.92. The van der Waals surface area contributed by atoms with Crippen LogP contribution in [0, 0.1) is 0 Å². The predicted molar refractivity (Wildman–Crippen MR) is 210 cm³/mol. The van der Waals surface area contributed by atoms with E-state index < -0.39 is 0 Å². The van der Waals surface area contributed by atoms with Crippen molar-refractivity contribution in [3.05, 3.63) is 163 Å². The topological polar surface area (TPSA) is 43.9 Å². The van der Waals surface area contributed by atoms with Crippen molar-refractivity contribution in [3.63, 3.8) is 0 Å². The summed E-state index contributed by atoms with van der Waals surface area (Å²) < 4.78 is 9.12. The van der Waals surface area contributed by atoms with Crippen molar-refractivity contribution in [2.45, 2.75) is 19.3 Å². The normalized spacial score (nSPS) is 13.5. The first kappa shape index (κ1) is 28.3. The third-order valence-corrected chi connectivity index (χ3v) is 11.1. The monoisotopic (exact) mass is 653 g/mol. The van der Waals surface area contributed by atoms with Crippen LogP contribution in [0.4, 0.5) is 0 Å². The van der Waals surface area contributed by atoms with Gasteiger partial charge in [0.1, 0.15) is 5.58 Å². The molecule has 0 spiro atoms. The van der Waals surface area contributed by atoms with Gasteiger partial charge in [0.05, 0.1) is 22.1 Å². The maximum Gasteiger partial charge on any atom is 0.238 e. The zero-order chi connectivity index (χ0) is 33.8. The number of furan rings is 1. The van der Waals surface area contributed by atoms with E-state index in [0.717, 1.165) is 55.0 Å². The summed E-state index contributed by atoms with van der Waals surface area (Å²) in [7, 11) is 0. The Bertz CT molecular complexity index is 3050. The lowest BCUT2D eigenvalue weighted by Crippen LogP contribution is -2.14. The van der Waals surface area contributed by atoms with E-state index >= 15 is 0 Å². The summed E-state index contributed by atoms with van der Waals surface area (Å²) in [6.07, 6.45) is 0. The number of rotatable bonds is 3. The number of aromatic nitrogens is 3. The van der Waals surface area contributed by atoms with E-state index in [1.165, 1.54) is 38.6 Å². The highest BCUT2D eigenvalue weighted by Gasteiger charge is 2.38.